The molecule has 0 saturated heterocycles. The Hall–Kier alpha value is -1.84. The second-order valence-corrected chi connectivity index (χ2v) is 5.63. The van der Waals surface area contributed by atoms with Gasteiger partial charge in [-0.25, -0.2) is 0 Å². The molecule has 2 unspecified atom stereocenters. The summed E-state index contributed by atoms with van der Waals surface area (Å²) in [6.45, 7) is 2.41. The molecule has 0 spiro atoms. The number of carboxylic acids is 1. The maximum absolute atomic E-state index is 12.0. The van der Waals surface area contributed by atoms with Crippen molar-refractivity contribution < 1.29 is 14.7 Å². The van der Waals surface area contributed by atoms with Gasteiger partial charge in [0.05, 0.1) is 12.6 Å². The lowest BCUT2D eigenvalue weighted by Crippen LogP contribution is -2.50. The Morgan fingerprint density at radius 1 is 1.70 bits per heavy atom. The maximum Gasteiger partial charge on any atom is 0.325 e. The molecule has 2 N–H and O–H groups in total. The van der Waals surface area contributed by atoms with Crippen LogP contribution in [0.5, 0.6) is 0 Å². The summed E-state index contributed by atoms with van der Waals surface area (Å²) < 4.78 is 0. The molecule has 2 rings (SSSR count). The molecular weight excluding hydrogens is 276 g/mol. The van der Waals surface area contributed by atoms with Crippen molar-refractivity contribution in [2.75, 3.05) is 13.1 Å². The first-order valence-electron chi connectivity index (χ1n) is 6.32. The van der Waals surface area contributed by atoms with Crippen molar-refractivity contribution in [3.8, 4) is 12.3 Å². The van der Waals surface area contributed by atoms with Crippen molar-refractivity contribution in [2.45, 2.75) is 25.4 Å². The van der Waals surface area contributed by atoms with Crippen LogP contribution in [0.3, 0.4) is 0 Å². The number of nitrogens with one attached hydrogen (secondary N) is 1. The molecule has 6 heteroatoms. The number of hydrogen-bond donors (Lipinski definition) is 2. The molecule has 5 nitrogen and oxygen atoms in total. The largest absolute Gasteiger partial charge is 0.480 e. The molecule has 1 aliphatic heterocycles. The van der Waals surface area contributed by atoms with Crippen LogP contribution in [-0.4, -0.2) is 41.0 Å². The first kappa shape index (κ1) is 14.6. The number of carbonyl (C=O) groups is 2. The number of nitrogens with zero attached hydrogens (tertiary/aromatic N) is 1. The van der Waals surface area contributed by atoms with E-state index in [1.165, 1.54) is 0 Å². The van der Waals surface area contributed by atoms with Gasteiger partial charge in [-0.05, 0) is 30.4 Å². The molecule has 0 radical (unpaired) electrons. The minimum atomic E-state index is -0.930. The van der Waals surface area contributed by atoms with Crippen LogP contribution in [-0.2, 0) is 16.0 Å². The summed E-state index contributed by atoms with van der Waals surface area (Å²) in [6, 6.07) is 0.533. The van der Waals surface area contributed by atoms with Crippen LogP contribution in [0.4, 0.5) is 0 Å². The summed E-state index contributed by atoms with van der Waals surface area (Å²) in [7, 11) is 0. The Balaban J connectivity index is 2.21. The van der Waals surface area contributed by atoms with Gasteiger partial charge in [0.25, 0.3) is 0 Å². The predicted octanol–water partition coefficient (Wildman–Crippen LogP) is 0.870. The fourth-order valence-corrected chi connectivity index (χ4v) is 3.37. The standard InChI is InChI=1S/C14H16N2O3S/c1-3-6-15-13(17)9(2)16-7-4-11-10(5-8-20-11)12(16)14(18)19/h1,5,8-9,12H,4,6-7H2,2H3,(H,15,17)(H,18,19). The third kappa shape index (κ3) is 2.69. The van der Waals surface area contributed by atoms with Gasteiger partial charge in [-0.1, -0.05) is 5.92 Å². The molecule has 1 aliphatic rings. The van der Waals surface area contributed by atoms with Crippen molar-refractivity contribution in [3.63, 3.8) is 0 Å². The van der Waals surface area contributed by atoms with Crippen LogP contribution in [0.25, 0.3) is 0 Å². The number of thiophene rings is 1. The summed E-state index contributed by atoms with van der Waals surface area (Å²) >= 11 is 1.57. The van der Waals surface area contributed by atoms with Gasteiger partial charge >= 0.3 is 5.97 Å². The fourth-order valence-electron chi connectivity index (χ4n) is 2.46. The van der Waals surface area contributed by atoms with Gasteiger partial charge in [-0.15, -0.1) is 17.8 Å². The first-order chi connectivity index (χ1) is 9.56. The molecule has 0 aliphatic carbocycles. The van der Waals surface area contributed by atoms with E-state index in [9.17, 15) is 14.7 Å². The van der Waals surface area contributed by atoms with Crippen LogP contribution in [0.1, 0.15) is 23.4 Å². The zero-order valence-corrected chi connectivity index (χ0v) is 11.9. The van der Waals surface area contributed by atoms with E-state index in [1.807, 2.05) is 11.4 Å². The zero-order valence-electron chi connectivity index (χ0n) is 11.1. The Labute approximate surface area is 121 Å². The SMILES string of the molecule is C#CCNC(=O)C(C)N1CCc2sccc2C1C(=O)O. The van der Waals surface area contributed by atoms with E-state index in [0.717, 1.165) is 16.9 Å². The van der Waals surface area contributed by atoms with Crippen molar-refractivity contribution >= 4 is 23.2 Å². The molecule has 0 aromatic carbocycles. The summed E-state index contributed by atoms with van der Waals surface area (Å²) in [6.07, 6.45) is 5.88. The van der Waals surface area contributed by atoms with E-state index in [1.54, 1.807) is 23.2 Å². The monoisotopic (exact) mass is 292 g/mol. The van der Waals surface area contributed by atoms with E-state index in [-0.39, 0.29) is 12.5 Å². The highest BCUT2D eigenvalue weighted by molar-refractivity contribution is 7.10. The Kier molecular flexibility index (Phi) is 4.42. The van der Waals surface area contributed by atoms with Crippen LogP contribution < -0.4 is 5.32 Å². The molecule has 1 aromatic heterocycles. The fraction of sp³-hybridized carbons (Fsp3) is 0.429. The summed E-state index contributed by atoms with van der Waals surface area (Å²) in [4.78, 5) is 26.3. The number of aliphatic carboxylic acids is 1. The lowest BCUT2D eigenvalue weighted by molar-refractivity contribution is -0.146. The van der Waals surface area contributed by atoms with Crippen molar-refractivity contribution in [3.05, 3.63) is 21.9 Å². The minimum Gasteiger partial charge on any atom is -0.480 e. The normalized spacial score (nSPS) is 19.7. The maximum atomic E-state index is 12.0. The lowest BCUT2D eigenvalue weighted by atomic mass is 9.98. The molecule has 0 saturated carbocycles. The van der Waals surface area contributed by atoms with Crippen LogP contribution in [0, 0.1) is 12.3 Å². The predicted molar refractivity (Wildman–Crippen MR) is 76.4 cm³/mol. The number of amides is 1. The van der Waals surface area contributed by atoms with Gasteiger partial charge in [0.2, 0.25) is 5.91 Å². The van der Waals surface area contributed by atoms with Crippen molar-refractivity contribution in [1.29, 1.82) is 0 Å². The molecular formula is C14H16N2O3S. The number of carboxylic acid groups (broad SMARTS) is 1. The quantitative estimate of drug-likeness (QED) is 0.808. The highest BCUT2D eigenvalue weighted by atomic mass is 32.1. The van der Waals surface area contributed by atoms with Gasteiger partial charge < -0.3 is 10.4 Å². The molecule has 0 fully saturated rings. The van der Waals surface area contributed by atoms with E-state index in [2.05, 4.69) is 11.2 Å². The van der Waals surface area contributed by atoms with E-state index < -0.39 is 18.1 Å². The summed E-state index contributed by atoms with van der Waals surface area (Å²) in [5.74, 6) is 1.16. The topological polar surface area (TPSA) is 69.6 Å². The van der Waals surface area contributed by atoms with E-state index >= 15 is 0 Å². The average Bonchev–Trinajstić information content (AvgIpc) is 2.90. The number of rotatable bonds is 4. The van der Waals surface area contributed by atoms with Crippen molar-refractivity contribution in [1.82, 2.24) is 10.2 Å². The summed E-state index contributed by atoms with van der Waals surface area (Å²) in [5, 5.41) is 14.0. The first-order valence-corrected chi connectivity index (χ1v) is 7.20. The van der Waals surface area contributed by atoms with E-state index in [4.69, 9.17) is 6.42 Å². The second-order valence-electron chi connectivity index (χ2n) is 4.63. The third-order valence-electron chi connectivity index (χ3n) is 3.48. The average molecular weight is 292 g/mol. The van der Waals surface area contributed by atoms with E-state index in [0.29, 0.717) is 6.54 Å². The van der Waals surface area contributed by atoms with Gasteiger partial charge in [-0.3, -0.25) is 14.5 Å². The highest BCUT2D eigenvalue weighted by Gasteiger charge is 2.38. The zero-order chi connectivity index (χ0) is 14.7. The third-order valence-corrected chi connectivity index (χ3v) is 4.48. The van der Waals surface area contributed by atoms with Crippen LogP contribution in [0.2, 0.25) is 0 Å². The molecule has 106 valence electrons. The van der Waals surface area contributed by atoms with Gasteiger partial charge in [0, 0.05) is 11.4 Å². The molecule has 20 heavy (non-hydrogen) atoms. The number of carbonyl (C=O) groups excluding carboxylic acids is 1. The molecule has 1 amide bonds. The Morgan fingerprint density at radius 3 is 3.10 bits per heavy atom. The van der Waals surface area contributed by atoms with Gasteiger partial charge in [0.15, 0.2) is 0 Å². The lowest BCUT2D eigenvalue weighted by Gasteiger charge is -2.36. The number of hydrogen-bond acceptors (Lipinski definition) is 4. The molecule has 1 aromatic rings. The van der Waals surface area contributed by atoms with Gasteiger partial charge in [0.1, 0.15) is 6.04 Å². The molecule has 0 bridgehead atoms. The molecule has 2 atom stereocenters. The van der Waals surface area contributed by atoms with Crippen molar-refractivity contribution in [2.24, 2.45) is 0 Å². The Bertz CT molecular complexity index is 561. The van der Waals surface area contributed by atoms with Gasteiger partial charge in [-0.2, -0.15) is 0 Å². The number of terminal acetylenes is 1. The highest BCUT2D eigenvalue weighted by Crippen LogP contribution is 2.34. The van der Waals surface area contributed by atoms with Crippen LogP contribution >= 0.6 is 11.3 Å². The van der Waals surface area contributed by atoms with Crippen LogP contribution in [0.15, 0.2) is 11.4 Å². The summed E-state index contributed by atoms with van der Waals surface area (Å²) in [5.41, 5.74) is 0.797. The smallest absolute Gasteiger partial charge is 0.325 e. The Morgan fingerprint density at radius 2 is 2.45 bits per heavy atom. The second kappa shape index (κ2) is 6.07. The number of fused-ring (bicyclic) bond motifs is 1. The minimum absolute atomic E-state index is 0.151. The molecule has 2 heterocycles.